The van der Waals surface area contributed by atoms with Gasteiger partial charge in [0, 0.05) is 11.6 Å². The molecule has 0 atom stereocenters. The fourth-order valence-electron chi connectivity index (χ4n) is 0.583. The molecule has 1 aromatic heterocycles. The van der Waals surface area contributed by atoms with Gasteiger partial charge in [-0.1, -0.05) is 6.58 Å². The quantitative estimate of drug-likeness (QED) is 0.495. The number of thiazole rings is 1. The Labute approximate surface area is 68.3 Å². The van der Waals surface area contributed by atoms with Crippen LogP contribution in [0.5, 0.6) is 0 Å². The van der Waals surface area contributed by atoms with Crippen molar-refractivity contribution in [3.63, 3.8) is 0 Å². The van der Waals surface area contributed by atoms with Gasteiger partial charge in [0.2, 0.25) is 0 Å². The highest BCUT2D eigenvalue weighted by atomic mass is 32.1. The maximum absolute atomic E-state index is 10.9. The Bertz CT molecular complexity index is 266. The standard InChI is InChI=1S/C7H7NO2S/c1-5(7(9)10-2)6-8-3-4-11-6/h3-4H,1H2,2H3. The Balaban J connectivity index is 2.79. The zero-order chi connectivity index (χ0) is 8.27. The first kappa shape index (κ1) is 7.94. The van der Waals surface area contributed by atoms with Gasteiger partial charge in [-0.15, -0.1) is 11.3 Å². The first-order chi connectivity index (χ1) is 5.25. The zero-order valence-corrected chi connectivity index (χ0v) is 6.85. The molecule has 0 radical (unpaired) electrons. The molecule has 0 bridgehead atoms. The SMILES string of the molecule is C=C(C(=O)OC)c1nccs1. The third-order valence-electron chi connectivity index (χ3n) is 1.12. The molecule has 3 nitrogen and oxygen atoms in total. The van der Waals surface area contributed by atoms with Crippen LogP contribution in [0.25, 0.3) is 5.57 Å². The number of nitrogens with zero attached hydrogens (tertiary/aromatic N) is 1. The molecule has 0 aliphatic heterocycles. The van der Waals surface area contributed by atoms with Gasteiger partial charge < -0.3 is 4.74 Å². The molecule has 0 fully saturated rings. The number of ether oxygens (including phenoxy) is 1. The number of hydrogen-bond donors (Lipinski definition) is 0. The van der Waals surface area contributed by atoms with E-state index in [4.69, 9.17) is 0 Å². The molecule has 0 aliphatic carbocycles. The highest BCUT2D eigenvalue weighted by Crippen LogP contribution is 2.15. The van der Waals surface area contributed by atoms with Crippen LogP contribution in [0.2, 0.25) is 0 Å². The molecule has 0 spiro atoms. The Morgan fingerprint density at radius 2 is 2.55 bits per heavy atom. The summed E-state index contributed by atoms with van der Waals surface area (Å²) in [5.74, 6) is -0.431. The molecule has 0 saturated carbocycles. The van der Waals surface area contributed by atoms with E-state index in [2.05, 4.69) is 16.3 Å². The number of esters is 1. The van der Waals surface area contributed by atoms with Crippen LogP contribution >= 0.6 is 11.3 Å². The minimum atomic E-state index is -0.431. The van der Waals surface area contributed by atoms with Gasteiger partial charge in [-0.3, -0.25) is 0 Å². The molecule has 0 N–H and O–H groups in total. The van der Waals surface area contributed by atoms with E-state index in [0.717, 1.165) is 0 Å². The molecular formula is C7H7NO2S. The maximum atomic E-state index is 10.9. The van der Waals surface area contributed by atoms with Crippen molar-refractivity contribution in [1.29, 1.82) is 0 Å². The molecule has 4 heteroatoms. The highest BCUT2D eigenvalue weighted by Gasteiger charge is 2.10. The van der Waals surface area contributed by atoms with Crippen LogP contribution in [-0.2, 0) is 9.53 Å². The van der Waals surface area contributed by atoms with E-state index in [0.29, 0.717) is 10.6 Å². The summed E-state index contributed by atoms with van der Waals surface area (Å²) in [6.07, 6.45) is 1.62. The number of carbonyl (C=O) groups is 1. The molecule has 0 amide bonds. The first-order valence-electron chi connectivity index (χ1n) is 2.93. The van der Waals surface area contributed by atoms with Crippen LogP contribution < -0.4 is 0 Å². The molecule has 0 aromatic carbocycles. The third kappa shape index (κ3) is 1.65. The van der Waals surface area contributed by atoms with Gasteiger partial charge in [-0.2, -0.15) is 0 Å². The minimum absolute atomic E-state index is 0.308. The van der Waals surface area contributed by atoms with Crippen molar-refractivity contribution in [3.8, 4) is 0 Å². The second kappa shape index (κ2) is 3.30. The Morgan fingerprint density at radius 1 is 1.82 bits per heavy atom. The van der Waals surface area contributed by atoms with Crippen LogP contribution in [0.15, 0.2) is 18.2 Å². The van der Waals surface area contributed by atoms with Crippen LogP contribution in [0.1, 0.15) is 5.01 Å². The predicted molar refractivity (Wildman–Crippen MR) is 43.2 cm³/mol. The largest absolute Gasteiger partial charge is 0.465 e. The summed E-state index contributed by atoms with van der Waals surface area (Å²) in [7, 11) is 1.32. The van der Waals surface area contributed by atoms with Gasteiger partial charge in [0.15, 0.2) is 0 Å². The number of aromatic nitrogens is 1. The average Bonchev–Trinajstić information content (AvgIpc) is 2.53. The molecule has 58 valence electrons. The molecule has 1 aromatic rings. The lowest BCUT2D eigenvalue weighted by atomic mass is 10.3. The zero-order valence-electron chi connectivity index (χ0n) is 6.03. The number of methoxy groups -OCH3 is 1. The third-order valence-corrected chi connectivity index (χ3v) is 1.96. The van der Waals surface area contributed by atoms with Crippen molar-refractivity contribution in [2.75, 3.05) is 7.11 Å². The topological polar surface area (TPSA) is 39.2 Å². The summed E-state index contributed by atoms with van der Waals surface area (Å²) in [6, 6.07) is 0. The smallest absolute Gasteiger partial charge is 0.340 e. The Kier molecular flexibility index (Phi) is 2.38. The molecule has 0 aliphatic rings. The number of hydrogen-bond acceptors (Lipinski definition) is 4. The van der Waals surface area contributed by atoms with E-state index in [-0.39, 0.29) is 0 Å². The van der Waals surface area contributed by atoms with E-state index in [1.165, 1.54) is 18.4 Å². The van der Waals surface area contributed by atoms with Gasteiger partial charge in [-0.05, 0) is 0 Å². The minimum Gasteiger partial charge on any atom is -0.465 e. The lowest BCUT2D eigenvalue weighted by Gasteiger charge is -1.96. The fourth-order valence-corrected chi connectivity index (χ4v) is 1.18. The molecule has 1 rings (SSSR count). The fraction of sp³-hybridized carbons (Fsp3) is 0.143. The summed E-state index contributed by atoms with van der Waals surface area (Å²) in [6.45, 7) is 3.54. The first-order valence-corrected chi connectivity index (χ1v) is 3.80. The molecular weight excluding hydrogens is 162 g/mol. The van der Waals surface area contributed by atoms with Crippen molar-refractivity contribution in [1.82, 2.24) is 4.98 Å². The summed E-state index contributed by atoms with van der Waals surface area (Å²) in [5.41, 5.74) is 0.308. The van der Waals surface area contributed by atoms with E-state index in [1.54, 1.807) is 11.6 Å². The van der Waals surface area contributed by atoms with Gasteiger partial charge >= 0.3 is 5.97 Å². The van der Waals surface area contributed by atoms with Crippen LogP contribution in [0.3, 0.4) is 0 Å². The van der Waals surface area contributed by atoms with E-state index in [9.17, 15) is 4.79 Å². The van der Waals surface area contributed by atoms with E-state index >= 15 is 0 Å². The van der Waals surface area contributed by atoms with Crippen molar-refractivity contribution in [2.45, 2.75) is 0 Å². The van der Waals surface area contributed by atoms with Crippen LogP contribution in [0.4, 0.5) is 0 Å². The van der Waals surface area contributed by atoms with Crippen LogP contribution in [0, 0.1) is 0 Å². The van der Waals surface area contributed by atoms with E-state index in [1.807, 2.05) is 0 Å². The molecule has 1 heterocycles. The lowest BCUT2D eigenvalue weighted by molar-refractivity contribution is -0.133. The maximum Gasteiger partial charge on any atom is 0.340 e. The van der Waals surface area contributed by atoms with Gasteiger partial charge in [0.05, 0.1) is 12.7 Å². The molecule has 11 heavy (non-hydrogen) atoms. The average molecular weight is 169 g/mol. The van der Waals surface area contributed by atoms with Gasteiger partial charge in [0.1, 0.15) is 5.01 Å². The van der Waals surface area contributed by atoms with Crippen molar-refractivity contribution >= 4 is 22.9 Å². The monoisotopic (exact) mass is 169 g/mol. The van der Waals surface area contributed by atoms with Gasteiger partial charge in [0.25, 0.3) is 0 Å². The normalized spacial score (nSPS) is 9.18. The summed E-state index contributed by atoms with van der Waals surface area (Å²) >= 11 is 1.36. The van der Waals surface area contributed by atoms with Crippen molar-refractivity contribution in [2.24, 2.45) is 0 Å². The van der Waals surface area contributed by atoms with Crippen LogP contribution in [-0.4, -0.2) is 18.1 Å². The summed E-state index contributed by atoms with van der Waals surface area (Å²) < 4.78 is 4.46. The number of rotatable bonds is 2. The predicted octanol–water partition coefficient (Wildman–Crippen LogP) is 1.33. The molecule has 0 saturated heterocycles. The van der Waals surface area contributed by atoms with Crippen molar-refractivity contribution in [3.05, 3.63) is 23.2 Å². The molecule has 0 unspecified atom stereocenters. The Hall–Kier alpha value is -1.16. The summed E-state index contributed by atoms with van der Waals surface area (Å²) in [5, 5.41) is 2.39. The second-order valence-corrected chi connectivity index (χ2v) is 2.70. The van der Waals surface area contributed by atoms with E-state index < -0.39 is 5.97 Å². The van der Waals surface area contributed by atoms with Crippen molar-refractivity contribution < 1.29 is 9.53 Å². The Morgan fingerprint density at radius 3 is 3.00 bits per heavy atom. The van der Waals surface area contributed by atoms with Gasteiger partial charge in [-0.25, -0.2) is 9.78 Å². The second-order valence-electron chi connectivity index (χ2n) is 1.81. The summed E-state index contributed by atoms with van der Waals surface area (Å²) in [4.78, 5) is 14.8. The lowest BCUT2D eigenvalue weighted by Crippen LogP contribution is -2.01. The highest BCUT2D eigenvalue weighted by molar-refractivity contribution is 7.11. The number of carbonyl (C=O) groups excluding carboxylic acids is 1.